The van der Waals surface area contributed by atoms with Crippen molar-refractivity contribution in [3.05, 3.63) is 51.6 Å². The minimum Gasteiger partial charge on any atom is -0.497 e. The molecule has 0 unspecified atom stereocenters. The summed E-state index contributed by atoms with van der Waals surface area (Å²) in [4.78, 5) is 1.26. The third kappa shape index (κ3) is 3.79. The summed E-state index contributed by atoms with van der Waals surface area (Å²) in [6.07, 6.45) is 0. The summed E-state index contributed by atoms with van der Waals surface area (Å²) in [6.45, 7) is 0. The van der Waals surface area contributed by atoms with Crippen molar-refractivity contribution in [1.29, 1.82) is 0 Å². The molecule has 0 aliphatic carbocycles. The summed E-state index contributed by atoms with van der Waals surface area (Å²) in [5.74, 6) is 2.60. The molecule has 0 bridgehead atoms. The highest BCUT2D eigenvalue weighted by Gasteiger charge is 2.10. The van der Waals surface area contributed by atoms with E-state index in [1.54, 1.807) is 14.2 Å². The predicted molar refractivity (Wildman–Crippen MR) is 88.3 cm³/mol. The number of benzene rings is 2. The van der Waals surface area contributed by atoms with Crippen molar-refractivity contribution in [2.75, 3.05) is 14.2 Å². The first-order valence-electron chi connectivity index (χ1n) is 5.83. The van der Waals surface area contributed by atoms with E-state index in [-0.39, 0.29) is 0 Å². The molecule has 0 atom stereocenters. The number of ether oxygens (including phenoxy) is 2. The maximum Gasteiger partial charge on any atom is 0.136 e. The van der Waals surface area contributed by atoms with Gasteiger partial charge in [-0.2, -0.15) is 0 Å². The van der Waals surface area contributed by atoms with Gasteiger partial charge in [0.15, 0.2) is 0 Å². The number of rotatable bonds is 5. The Balaban J connectivity index is 2.19. The van der Waals surface area contributed by atoms with Gasteiger partial charge in [-0.25, -0.2) is 0 Å². The lowest BCUT2D eigenvalue weighted by Gasteiger charge is -2.11. The van der Waals surface area contributed by atoms with Gasteiger partial charge in [0.05, 0.1) is 17.8 Å². The molecule has 0 radical (unpaired) electrons. The Hall–Kier alpha value is -0.880. The minimum atomic E-state index is 0.834. The van der Waals surface area contributed by atoms with Crippen molar-refractivity contribution < 1.29 is 9.47 Å². The van der Waals surface area contributed by atoms with Crippen LogP contribution in [0.25, 0.3) is 0 Å². The van der Waals surface area contributed by atoms with Crippen molar-refractivity contribution in [3.63, 3.8) is 0 Å². The van der Waals surface area contributed by atoms with Gasteiger partial charge in [-0.1, -0.05) is 18.2 Å². The van der Waals surface area contributed by atoms with Crippen LogP contribution in [0.2, 0.25) is 0 Å². The summed E-state index contributed by atoms with van der Waals surface area (Å²) in [7, 11) is 3.36. The first-order valence-corrected chi connectivity index (χ1v) is 7.89. The van der Waals surface area contributed by atoms with Crippen molar-refractivity contribution in [3.8, 4) is 11.5 Å². The molecule has 0 aliphatic rings. The summed E-state index contributed by atoms with van der Waals surface area (Å²) < 4.78 is 11.8. The molecule has 0 amide bonds. The molecular weight excluding hydrogens is 371 g/mol. The summed E-state index contributed by atoms with van der Waals surface area (Å²) in [6, 6.07) is 14.4. The molecule has 2 rings (SSSR count). The average molecular weight is 386 g/mol. The van der Waals surface area contributed by atoms with E-state index in [4.69, 9.17) is 9.47 Å². The smallest absolute Gasteiger partial charge is 0.136 e. The van der Waals surface area contributed by atoms with E-state index in [9.17, 15) is 0 Å². The molecule has 0 aliphatic heterocycles. The molecule has 100 valence electrons. The fraction of sp³-hybridized carbons (Fsp3) is 0.200. The van der Waals surface area contributed by atoms with E-state index in [1.807, 2.05) is 23.9 Å². The van der Waals surface area contributed by atoms with Crippen LogP contribution in [-0.2, 0) is 5.75 Å². The average Bonchev–Trinajstić information content (AvgIpc) is 2.47. The molecule has 2 aromatic rings. The minimum absolute atomic E-state index is 0.834. The Morgan fingerprint density at radius 3 is 2.42 bits per heavy atom. The summed E-state index contributed by atoms with van der Waals surface area (Å²) in [5.41, 5.74) is 1.23. The molecule has 0 fully saturated rings. The topological polar surface area (TPSA) is 18.5 Å². The molecule has 0 N–H and O–H groups in total. The molecule has 0 aromatic heterocycles. The van der Waals surface area contributed by atoms with Gasteiger partial charge in [-0.3, -0.25) is 0 Å². The standard InChI is InChI=1S/C15H15IO2S/c1-17-12-8-11(15(16)14(9-12)18-2)10-19-13-6-4-3-5-7-13/h3-9H,10H2,1-2H3. The van der Waals surface area contributed by atoms with Crippen molar-refractivity contribution in [1.82, 2.24) is 0 Å². The van der Waals surface area contributed by atoms with Gasteiger partial charge in [-0.05, 0) is 46.4 Å². The van der Waals surface area contributed by atoms with Crippen LogP contribution < -0.4 is 9.47 Å². The van der Waals surface area contributed by atoms with Crippen molar-refractivity contribution in [2.45, 2.75) is 10.6 Å². The van der Waals surface area contributed by atoms with Crippen molar-refractivity contribution >= 4 is 34.4 Å². The molecule has 4 heteroatoms. The lowest BCUT2D eigenvalue weighted by molar-refractivity contribution is 0.391. The highest BCUT2D eigenvalue weighted by atomic mass is 127. The van der Waals surface area contributed by atoms with Gasteiger partial charge < -0.3 is 9.47 Å². The Bertz CT molecular complexity index is 543. The molecular formula is C15H15IO2S. The monoisotopic (exact) mass is 386 g/mol. The van der Waals surface area contributed by atoms with Crippen LogP contribution in [-0.4, -0.2) is 14.2 Å². The van der Waals surface area contributed by atoms with Gasteiger partial charge in [0, 0.05) is 16.7 Å². The zero-order chi connectivity index (χ0) is 13.7. The van der Waals surface area contributed by atoms with Gasteiger partial charge in [0.2, 0.25) is 0 Å². The zero-order valence-electron chi connectivity index (χ0n) is 10.9. The SMILES string of the molecule is COc1cc(CSc2ccccc2)c(I)c(OC)c1. The lowest BCUT2D eigenvalue weighted by Crippen LogP contribution is -1.95. The molecule has 19 heavy (non-hydrogen) atoms. The van der Waals surface area contributed by atoms with Crippen LogP contribution >= 0.6 is 34.4 Å². The maximum absolute atomic E-state index is 5.38. The van der Waals surface area contributed by atoms with E-state index in [0.717, 1.165) is 20.8 Å². The van der Waals surface area contributed by atoms with E-state index in [2.05, 4.69) is 52.9 Å². The van der Waals surface area contributed by atoms with E-state index < -0.39 is 0 Å². The van der Waals surface area contributed by atoms with Crippen LogP contribution in [0.3, 0.4) is 0 Å². The molecule has 2 aromatic carbocycles. The number of methoxy groups -OCH3 is 2. The highest BCUT2D eigenvalue weighted by Crippen LogP contribution is 2.33. The Morgan fingerprint density at radius 1 is 1.05 bits per heavy atom. The van der Waals surface area contributed by atoms with Crippen LogP contribution in [0.4, 0.5) is 0 Å². The van der Waals surface area contributed by atoms with E-state index >= 15 is 0 Å². The van der Waals surface area contributed by atoms with Crippen LogP contribution in [0.5, 0.6) is 11.5 Å². The van der Waals surface area contributed by atoms with E-state index in [1.165, 1.54) is 10.5 Å². The summed E-state index contributed by atoms with van der Waals surface area (Å²) >= 11 is 4.13. The lowest BCUT2D eigenvalue weighted by atomic mass is 10.2. The molecule has 0 saturated heterocycles. The largest absolute Gasteiger partial charge is 0.497 e. The maximum atomic E-state index is 5.38. The van der Waals surface area contributed by atoms with Crippen molar-refractivity contribution in [2.24, 2.45) is 0 Å². The van der Waals surface area contributed by atoms with Crippen LogP contribution in [0, 0.1) is 3.57 Å². The molecule has 2 nitrogen and oxygen atoms in total. The highest BCUT2D eigenvalue weighted by molar-refractivity contribution is 14.1. The van der Waals surface area contributed by atoms with Gasteiger partial charge in [-0.15, -0.1) is 11.8 Å². The zero-order valence-corrected chi connectivity index (χ0v) is 13.8. The van der Waals surface area contributed by atoms with Gasteiger partial charge in [0.1, 0.15) is 11.5 Å². The van der Waals surface area contributed by atoms with Crippen LogP contribution in [0.15, 0.2) is 47.4 Å². The molecule has 0 saturated carbocycles. The predicted octanol–water partition coefficient (Wildman–Crippen LogP) is 4.60. The second-order valence-corrected chi connectivity index (χ2v) is 6.03. The molecule has 0 spiro atoms. The number of hydrogen-bond acceptors (Lipinski definition) is 3. The normalized spacial score (nSPS) is 10.3. The third-order valence-corrected chi connectivity index (χ3v) is 4.97. The first kappa shape index (κ1) is 14.5. The summed E-state index contributed by atoms with van der Waals surface area (Å²) in [5, 5.41) is 0. The van der Waals surface area contributed by atoms with E-state index in [0.29, 0.717) is 0 Å². The Labute approximate surface area is 131 Å². The van der Waals surface area contributed by atoms with Gasteiger partial charge in [0.25, 0.3) is 0 Å². The second-order valence-electron chi connectivity index (χ2n) is 3.90. The molecule has 0 heterocycles. The quantitative estimate of drug-likeness (QED) is 0.553. The Kier molecular flexibility index (Phi) is 5.39. The number of halogens is 1. The number of hydrogen-bond donors (Lipinski definition) is 0. The third-order valence-electron chi connectivity index (χ3n) is 2.68. The fourth-order valence-electron chi connectivity index (χ4n) is 1.68. The van der Waals surface area contributed by atoms with Gasteiger partial charge >= 0.3 is 0 Å². The first-order chi connectivity index (χ1) is 9.24. The second kappa shape index (κ2) is 7.05. The van der Waals surface area contributed by atoms with Crippen LogP contribution in [0.1, 0.15) is 5.56 Å². The Morgan fingerprint density at radius 2 is 1.79 bits per heavy atom. The number of thioether (sulfide) groups is 1. The fourth-order valence-corrected chi connectivity index (χ4v) is 3.56.